The number of carbonyl (C=O) groups is 3. The minimum absolute atomic E-state index is 0.123. The van der Waals surface area contributed by atoms with Crippen LogP contribution >= 0.6 is 0 Å². The van der Waals surface area contributed by atoms with E-state index in [1.54, 1.807) is 61.5 Å². The maximum absolute atomic E-state index is 13.2. The largest absolute Gasteiger partial charge is 0.497 e. The van der Waals surface area contributed by atoms with Gasteiger partial charge in [-0.3, -0.25) is 14.9 Å². The van der Waals surface area contributed by atoms with E-state index in [1.165, 1.54) is 25.3 Å². The molecule has 172 valence electrons. The van der Waals surface area contributed by atoms with E-state index in [1.807, 2.05) is 0 Å². The molecule has 1 saturated heterocycles. The van der Waals surface area contributed by atoms with Crippen LogP contribution in [0.5, 0.6) is 11.5 Å². The van der Waals surface area contributed by atoms with Gasteiger partial charge in [-0.05, 0) is 54.5 Å². The number of hydrogen-bond donors (Lipinski definition) is 1. The maximum Gasteiger partial charge on any atom is 0.335 e. The van der Waals surface area contributed by atoms with Crippen molar-refractivity contribution in [3.63, 3.8) is 0 Å². The molecule has 7 nitrogen and oxygen atoms in total. The summed E-state index contributed by atoms with van der Waals surface area (Å²) in [5.74, 6) is -1.06. The Morgan fingerprint density at radius 3 is 2.44 bits per heavy atom. The number of ether oxygens (including phenoxy) is 2. The van der Waals surface area contributed by atoms with Crippen LogP contribution in [0.1, 0.15) is 16.7 Å². The molecule has 3 aromatic carbocycles. The Morgan fingerprint density at radius 2 is 1.74 bits per heavy atom. The van der Waals surface area contributed by atoms with Gasteiger partial charge in [0.1, 0.15) is 29.5 Å². The smallest absolute Gasteiger partial charge is 0.335 e. The molecule has 4 amide bonds. The molecule has 3 aromatic rings. The maximum atomic E-state index is 13.2. The van der Waals surface area contributed by atoms with Gasteiger partial charge < -0.3 is 9.47 Å². The van der Waals surface area contributed by atoms with Crippen molar-refractivity contribution in [2.45, 2.75) is 13.5 Å². The van der Waals surface area contributed by atoms with Gasteiger partial charge in [0.2, 0.25) is 0 Å². The second-order valence-electron chi connectivity index (χ2n) is 7.56. The summed E-state index contributed by atoms with van der Waals surface area (Å²) < 4.78 is 24.4. The second-order valence-corrected chi connectivity index (χ2v) is 7.56. The van der Waals surface area contributed by atoms with Gasteiger partial charge in [0, 0.05) is 11.6 Å². The fraction of sp³-hybridized carbons (Fsp3) is 0.115. The van der Waals surface area contributed by atoms with Crippen molar-refractivity contribution in [3.8, 4) is 11.5 Å². The van der Waals surface area contributed by atoms with Crippen LogP contribution in [0.25, 0.3) is 6.08 Å². The number of nitrogens with one attached hydrogen (secondary N) is 1. The van der Waals surface area contributed by atoms with Gasteiger partial charge in [0.05, 0.1) is 12.8 Å². The Kier molecular flexibility index (Phi) is 6.40. The van der Waals surface area contributed by atoms with Crippen molar-refractivity contribution in [2.24, 2.45) is 0 Å². The SMILES string of the molecule is COc1ccc(/C=C2\C(=O)NC(=O)N(c3ccccc3C)C2=O)c(OCc2ccc(F)cc2)c1. The molecule has 0 aliphatic carbocycles. The lowest BCUT2D eigenvalue weighted by Crippen LogP contribution is -2.54. The Hall–Kier alpha value is -4.46. The van der Waals surface area contributed by atoms with E-state index in [0.717, 1.165) is 10.5 Å². The van der Waals surface area contributed by atoms with Gasteiger partial charge in [-0.2, -0.15) is 0 Å². The van der Waals surface area contributed by atoms with Crippen molar-refractivity contribution in [1.82, 2.24) is 5.32 Å². The van der Waals surface area contributed by atoms with Gasteiger partial charge in [-0.1, -0.05) is 30.3 Å². The first kappa shape index (κ1) is 22.7. The van der Waals surface area contributed by atoms with E-state index in [9.17, 15) is 18.8 Å². The van der Waals surface area contributed by atoms with Crippen LogP contribution in [0.3, 0.4) is 0 Å². The number of imide groups is 2. The summed E-state index contributed by atoms with van der Waals surface area (Å²) in [7, 11) is 1.50. The second kappa shape index (κ2) is 9.58. The highest BCUT2D eigenvalue weighted by atomic mass is 19.1. The third kappa shape index (κ3) is 4.66. The molecule has 0 radical (unpaired) electrons. The molecule has 4 rings (SSSR count). The van der Waals surface area contributed by atoms with Gasteiger partial charge in [0.15, 0.2) is 0 Å². The van der Waals surface area contributed by atoms with E-state index in [2.05, 4.69) is 5.32 Å². The molecule has 0 spiro atoms. The first-order valence-corrected chi connectivity index (χ1v) is 10.4. The van der Waals surface area contributed by atoms with Gasteiger partial charge in [-0.15, -0.1) is 0 Å². The first-order valence-electron chi connectivity index (χ1n) is 10.4. The number of halogens is 1. The summed E-state index contributed by atoms with van der Waals surface area (Å²) in [4.78, 5) is 39.2. The van der Waals surface area contributed by atoms with E-state index in [4.69, 9.17) is 9.47 Å². The van der Waals surface area contributed by atoms with Crippen molar-refractivity contribution < 1.29 is 28.2 Å². The number of nitrogens with zero attached hydrogens (tertiary/aromatic N) is 1. The standard InChI is InChI=1S/C26H21FN2O5/c1-16-5-3-4-6-22(16)29-25(31)21(24(30)28-26(29)32)13-18-9-12-20(33-2)14-23(18)34-15-17-7-10-19(27)11-8-17/h3-14H,15H2,1-2H3,(H,28,30,32)/b21-13+. The predicted molar refractivity (Wildman–Crippen MR) is 124 cm³/mol. The molecule has 0 atom stereocenters. The number of carbonyl (C=O) groups excluding carboxylic acids is 3. The summed E-state index contributed by atoms with van der Waals surface area (Å²) in [6.45, 7) is 1.89. The van der Waals surface area contributed by atoms with Gasteiger partial charge >= 0.3 is 6.03 Å². The molecule has 1 N–H and O–H groups in total. The summed E-state index contributed by atoms with van der Waals surface area (Å²) in [5, 5.41) is 2.22. The van der Waals surface area contributed by atoms with Crippen molar-refractivity contribution in [3.05, 3.63) is 94.8 Å². The highest BCUT2D eigenvalue weighted by Crippen LogP contribution is 2.30. The molecule has 1 fully saturated rings. The molecule has 34 heavy (non-hydrogen) atoms. The number of amides is 4. The number of benzene rings is 3. The molecule has 0 unspecified atom stereocenters. The molecule has 8 heteroatoms. The normalized spacial score (nSPS) is 14.9. The monoisotopic (exact) mass is 460 g/mol. The molecule has 1 heterocycles. The van der Waals surface area contributed by atoms with Crippen molar-refractivity contribution in [1.29, 1.82) is 0 Å². The number of para-hydroxylation sites is 1. The first-order chi connectivity index (χ1) is 16.4. The molecular weight excluding hydrogens is 439 g/mol. The van der Waals surface area contributed by atoms with Crippen LogP contribution in [0.15, 0.2) is 72.3 Å². The number of aryl methyl sites for hydroxylation is 1. The van der Waals surface area contributed by atoms with Crippen molar-refractivity contribution in [2.75, 3.05) is 12.0 Å². The fourth-order valence-electron chi connectivity index (χ4n) is 3.47. The third-order valence-electron chi connectivity index (χ3n) is 5.29. The van der Waals surface area contributed by atoms with Crippen LogP contribution in [0, 0.1) is 12.7 Å². The topological polar surface area (TPSA) is 84.9 Å². The van der Waals surface area contributed by atoms with Crippen LogP contribution in [0.4, 0.5) is 14.9 Å². The lowest BCUT2D eigenvalue weighted by Gasteiger charge is -2.27. The Bertz CT molecular complexity index is 1300. The average Bonchev–Trinajstić information content (AvgIpc) is 2.83. The zero-order valence-corrected chi connectivity index (χ0v) is 18.5. The highest BCUT2D eigenvalue weighted by molar-refractivity contribution is 6.39. The molecule has 1 aliphatic rings. The van der Waals surface area contributed by atoms with E-state index >= 15 is 0 Å². The summed E-state index contributed by atoms with van der Waals surface area (Å²) in [6, 6.07) is 16.8. The summed E-state index contributed by atoms with van der Waals surface area (Å²) in [5.41, 5.74) is 2.02. The molecule has 1 aliphatic heterocycles. The minimum atomic E-state index is -0.816. The van der Waals surface area contributed by atoms with Crippen LogP contribution < -0.4 is 19.7 Å². The summed E-state index contributed by atoms with van der Waals surface area (Å²) in [6.07, 6.45) is 1.37. The number of hydrogen-bond acceptors (Lipinski definition) is 5. The lowest BCUT2D eigenvalue weighted by molar-refractivity contribution is -0.122. The fourth-order valence-corrected chi connectivity index (χ4v) is 3.47. The average molecular weight is 460 g/mol. The number of barbiturate groups is 1. The zero-order valence-electron chi connectivity index (χ0n) is 18.5. The third-order valence-corrected chi connectivity index (χ3v) is 5.29. The summed E-state index contributed by atoms with van der Waals surface area (Å²) >= 11 is 0. The molecule has 0 saturated carbocycles. The number of urea groups is 1. The Labute approximate surface area is 195 Å². The highest BCUT2D eigenvalue weighted by Gasteiger charge is 2.37. The molecular formula is C26H21FN2O5. The van der Waals surface area contributed by atoms with Crippen LogP contribution in [-0.4, -0.2) is 25.0 Å². The number of anilines is 1. The Morgan fingerprint density at radius 1 is 1.00 bits per heavy atom. The predicted octanol–water partition coefficient (Wildman–Crippen LogP) is 4.39. The van der Waals surface area contributed by atoms with Crippen molar-refractivity contribution >= 4 is 29.6 Å². The van der Waals surface area contributed by atoms with E-state index in [-0.39, 0.29) is 18.0 Å². The minimum Gasteiger partial charge on any atom is -0.497 e. The van der Waals surface area contributed by atoms with Gasteiger partial charge in [-0.25, -0.2) is 14.1 Å². The van der Waals surface area contributed by atoms with Gasteiger partial charge in [0.25, 0.3) is 11.8 Å². The quantitative estimate of drug-likeness (QED) is 0.436. The van der Waals surface area contributed by atoms with Crippen LogP contribution in [-0.2, 0) is 16.2 Å². The van der Waals surface area contributed by atoms with E-state index < -0.39 is 17.8 Å². The molecule has 0 bridgehead atoms. The Balaban J connectivity index is 1.69. The number of rotatable bonds is 6. The number of methoxy groups -OCH3 is 1. The zero-order chi connectivity index (χ0) is 24.2. The molecule has 0 aromatic heterocycles. The van der Waals surface area contributed by atoms with E-state index in [0.29, 0.717) is 28.3 Å². The van der Waals surface area contributed by atoms with Crippen LogP contribution in [0.2, 0.25) is 0 Å². The lowest BCUT2D eigenvalue weighted by atomic mass is 10.0.